The van der Waals surface area contributed by atoms with Gasteiger partial charge in [-0.2, -0.15) is 0 Å². The number of unbranched alkanes of at least 4 members (excludes halogenated alkanes) is 2. The van der Waals surface area contributed by atoms with Gasteiger partial charge in [-0.3, -0.25) is 0 Å². The Morgan fingerprint density at radius 1 is 1.06 bits per heavy atom. The van der Waals surface area contributed by atoms with E-state index < -0.39 is 11.9 Å². The molecule has 94 valence electrons. The molecule has 0 spiro atoms. The zero-order valence-corrected chi connectivity index (χ0v) is 10.1. The minimum Gasteiger partial charge on any atom is -0.478 e. The number of hydrogen-bond donors (Lipinski definition) is 2. The molecule has 0 saturated carbocycles. The Bertz CT molecular complexity index is 362. The SMILES string of the molecule is C/C=C/C(C(=O)O)=C(\C=C\CCCC)C(=O)O. The summed E-state index contributed by atoms with van der Waals surface area (Å²) in [6.07, 6.45) is 8.56. The molecule has 0 radical (unpaired) electrons. The maximum Gasteiger partial charge on any atom is 0.336 e. The van der Waals surface area contributed by atoms with Crippen molar-refractivity contribution in [1.29, 1.82) is 0 Å². The van der Waals surface area contributed by atoms with Gasteiger partial charge in [-0.05, 0) is 13.3 Å². The second-order valence-electron chi connectivity index (χ2n) is 3.48. The molecule has 17 heavy (non-hydrogen) atoms. The lowest BCUT2D eigenvalue weighted by Gasteiger charge is -2.00. The topological polar surface area (TPSA) is 74.6 Å². The van der Waals surface area contributed by atoms with Gasteiger partial charge in [0.1, 0.15) is 0 Å². The Balaban J connectivity index is 5.16. The van der Waals surface area contributed by atoms with Crippen LogP contribution in [0.3, 0.4) is 0 Å². The van der Waals surface area contributed by atoms with Gasteiger partial charge in [0.05, 0.1) is 11.1 Å². The van der Waals surface area contributed by atoms with Crippen LogP contribution in [0.2, 0.25) is 0 Å². The lowest BCUT2D eigenvalue weighted by atomic mass is 10.1. The van der Waals surface area contributed by atoms with Crippen LogP contribution in [0.15, 0.2) is 35.5 Å². The van der Waals surface area contributed by atoms with Gasteiger partial charge < -0.3 is 10.2 Å². The molecule has 0 unspecified atom stereocenters. The standard InChI is InChI=1S/C13H18O4/c1-3-5-6-7-9-11(13(16)17)10(8-4-2)12(14)15/h4,7-9H,3,5-6H2,1-2H3,(H,14,15)(H,16,17)/b8-4+,9-7+,11-10-. The molecule has 0 saturated heterocycles. The maximum absolute atomic E-state index is 11.0. The van der Waals surface area contributed by atoms with E-state index in [1.165, 1.54) is 18.2 Å². The van der Waals surface area contributed by atoms with Crippen molar-refractivity contribution in [2.24, 2.45) is 0 Å². The average molecular weight is 238 g/mol. The molecule has 0 fully saturated rings. The Kier molecular flexibility index (Phi) is 7.43. The molecule has 0 aliphatic rings. The molecule has 0 aromatic carbocycles. The summed E-state index contributed by atoms with van der Waals surface area (Å²) in [7, 11) is 0. The summed E-state index contributed by atoms with van der Waals surface area (Å²) in [5.41, 5.74) is -0.389. The Labute approximate surface area is 101 Å². The van der Waals surface area contributed by atoms with Crippen LogP contribution in [0.5, 0.6) is 0 Å². The van der Waals surface area contributed by atoms with E-state index in [9.17, 15) is 9.59 Å². The first-order chi connectivity index (χ1) is 8.04. The van der Waals surface area contributed by atoms with Crippen LogP contribution in [-0.2, 0) is 9.59 Å². The fourth-order valence-electron chi connectivity index (χ4n) is 1.24. The zero-order chi connectivity index (χ0) is 13.3. The van der Waals surface area contributed by atoms with Crippen LogP contribution in [-0.4, -0.2) is 22.2 Å². The van der Waals surface area contributed by atoms with Crippen LogP contribution in [0.1, 0.15) is 33.1 Å². The molecular weight excluding hydrogens is 220 g/mol. The quantitative estimate of drug-likeness (QED) is 0.406. The van der Waals surface area contributed by atoms with Gasteiger partial charge in [-0.1, -0.05) is 44.1 Å². The lowest BCUT2D eigenvalue weighted by molar-refractivity contribution is -0.135. The Morgan fingerprint density at radius 3 is 2.00 bits per heavy atom. The molecular formula is C13H18O4. The third kappa shape index (κ3) is 5.70. The second kappa shape index (κ2) is 8.33. The number of rotatable bonds is 7. The minimum absolute atomic E-state index is 0.188. The molecule has 0 heterocycles. The molecule has 0 aromatic rings. The third-order valence-corrected chi connectivity index (χ3v) is 2.09. The summed E-state index contributed by atoms with van der Waals surface area (Å²) in [5, 5.41) is 17.9. The first kappa shape index (κ1) is 15.2. The van der Waals surface area contributed by atoms with E-state index in [-0.39, 0.29) is 11.1 Å². The van der Waals surface area contributed by atoms with Crippen LogP contribution >= 0.6 is 0 Å². The van der Waals surface area contributed by atoms with Gasteiger partial charge in [0, 0.05) is 0 Å². The predicted octanol–water partition coefficient (Wildman–Crippen LogP) is 2.77. The van der Waals surface area contributed by atoms with Crippen molar-refractivity contribution in [3.63, 3.8) is 0 Å². The van der Waals surface area contributed by atoms with Gasteiger partial charge >= 0.3 is 11.9 Å². The van der Waals surface area contributed by atoms with E-state index in [1.807, 2.05) is 6.92 Å². The highest BCUT2D eigenvalue weighted by Gasteiger charge is 2.14. The smallest absolute Gasteiger partial charge is 0.336 e. The molecule has 0 rings (SSSR count). The van der Waals surface area contributed by atoms with Gasteiger partial charge in [0.25, 0.3) is 0 Å². The van der Waals surface area contributed by atoms with Crippen molar-refractivity contribution >= 4 is 11.9 Å². The zero-order valence-electron chi connectivity index (χ0n) is 10.1. The lowest BCUT2D eigenvalue weighted by Crippen LogP contribution is -2.08. The predicted molar refractivity (Wildman–Crippen MR) is 65.8 cm³/mol. The molecule has 0 aromatic heterocycles. The van der Waals surface area contributed by atoms with Crippen molar-refractivity contribution in [1.82, 2.24) is 0 Å². The molecule has 4 heteroatoms. The van der Waals surface area contributed by atoms with Crippen LogP contribution in [0.25, 0.3) is 0 Å². The van der Waals surface area contributed by atoms with E-state index in [1.54, 1.807) is 13.0 Å². The van der Waals surface area contributed by atoms with Gasteiger partial charge in [-0.25, -0.2) is 9.59 Å². The van der Waals surface area contributed by atoms with Crippen LogP contribution in [0.4, 0.5) is 0 Å². The number of carboxylic acids is 2. The highest BCUT2D eigenvalue weighted by Crippen LogP contribution is 2.10. The van der Waals surface area contributed by atoms with Crippen molar-refractivity contribution < 1.29 is 19.8 Å². The highest BCUT2D eigenvalue weighted by molar-refractivity contribution is 6.02. The van der Waals surface area contributed by atoms with Crippen molar-refractivity contribution in [3.05, 3.63) is 35.5 Å². The van der Waals surface area contributed by atoms with Gasteiger partial charge in [0.2, 0.25) is 0 Å². The number of allylic oxidation sites excluding steroid dienone is 2. The van der Waals surface area contributed by atoms with Crippen LogP contribution < -0.4 is 0 Å². The molecule has 2 N–H and O–H groups in total. The fraction of sp³-hybridized carbons (Fsp3) is 0.385. The van der Waals surface area contributed by atoms with Gasteiger partial charge in [-0.15, -0.1) is 0 Å². The van der Waals surface area contributed by atoms with Crippen molar-refractivity contribution in [3.8, 4) is 0 Å². The fourth-order valence-corrected chi connectivity index (χ4v) is 1.24. The van der Waals surface area contributed by atoms with Crippen LogP contribution in [0, 0.1) is 0 Å². The molecule has 0 atom stereocenters. The monoisotopic (exact) mass is 238 g/mol. The largest absolute Gasteiger partial charge is 0.478 e. The number of carboxylic acid groups (broad SMARTS) is 2. The van der Waals surface area contributed by atoms with E-state index in [0.29, 0.717) is 0 Å². The van der Waals surface area contributed by atoms with E-state index in [4.69, 9.17) is 10.2 Å². The van der Waals surface area contributed by atoms with Gasteiger partial charge in [0.15, 0.2) is 0 Å². The van der Waals surface area contributed by atoms with E-state index in [0.717, 1.165) is 19.3 Å². The molecule has 0 amide bonds. The summed E-state index contributed by atoms with van der Waals surface area (Å²) >= 11 is 0. The average Bonchev–Trinajstić information content (AvgIpc) is 2.26. The third-order valence-electron chi connectivity index (χ3n) is 2.09. The summed E-state index contributed by atoms with van der Waals surface area (Å²) in [6, 6.07) is 0. The van der Waals surface area contributed by atoms with Crippen molar-refractivity contribution in [2.45, 2.75) is 33.1 Å². The first-order valence-electron chi connectivity index (χ1n) is 5.54. The number of hydrogen-bond acceptors (Lipinski definition) is 2. The summed E-state index contributed by atoms with van der Waals surface area (Å²) in [6.45, 7) is 3.67. The second-order valence-corrected chi connectivity index (χ2v) is 3.48. The minimum atomic E-state index is -1.24. The summed E-state index contributed by atoms with van der Waals surface area (Å²) in [5.74, 6) is -2.46. The molecule has 4 nitrogen and oxygen atoms in total. The Hall–Kier alpha value is -1.84. The van der Waals surface area contributed by atoms with Crippen molar-refractivity contribution in [2.75, 3.05) is 0 Å². The molecule has 0 aliphatic carbocycles. The van der Waals surface area contributed by atoms with E-state index >= 15 is 0 Å². The highest BCUT2D eigenvalue weighted by atomic mass is 16.4. The number of carbonyl (C=O) groups is 2. The normalized spacial score (nSPS) is 13.1. The first-order valence-corrected chi connectivity index (χ1v) is 5.54. The maximum atomic E-state index is 11.0. The molecule has 0 aliphatic heterocycles. The number of aliphatic carboxylic acids is 2. The molecule has 0 bridgehead atoms. The summed E-state index contributed by atoms with van der Waals surface area (Å²) in [4.78, 5) is 21.9. The summed E-state index contributed by atoms with van der Waals surface area (Å²) < 4.78 is 0. The Morgan fingerprint density at radius 2 is 1.59 bits per heavy atom. The van der Waals surface area contributed by atoms with E-state index in [2.05, 4.69) is 0 Å².